The van der Waals surface area contributed by atoms with Crippen LogP contribution in [0, 0.1) is 0 Å². The molecule has 0 aliphatic rings. The fraction of sp³-hybridized carbons (Fsp3) is 0.364. The van der Waals surface area contributed by atoms with Gasteiger partial charge in [0.1, 0.15) is 6.54 Å². The van der Waals surface area contributed by atoms with E-state index in [9.17, 15) is 14.4 Å². The number of hydrogen-bond donors (Lipinski definition) is 1. The third-order valence-corrected chi connectivity index (χ3v) is 3.03. The number of carbonyl (C=O) groups is 3. The molecule has 2 amide bonds. The summed E-state index contributed by atoms with van der Waals surface area (Å²) in [5.74, 6) is -1.16. The summed E-state index contributed by atoms with van der Waals surface area (Å²) < 4.78 is 4.44. The van der Waals surface area contributed by atoms with Gasteiger partial charge in [-0.25, -0.2) is 0 Å². The first-order chi connectivity index (χ1) is 8.54. The zero-order valence-electron chi connectivity index (χ0n) is 10.1. The first-order valence-electron chi connectivity index (χ1n) is 5.17. The van der Waals surface area contributed by atoms with Gasteiger partial charge in [0.05, 0.1) is 18.5 Å². The van der Waals surface area contributed by atoms with E-state index in [1.54, 1.807) is 17.5 Å². The fourth-order valence-electron chi connectivity index (χ4n) is 1.13. The van der Waals surface area contributed by atoms with Crippen LogP contribution in [0.2, 0.25) is 0 Å². The molecule has 0 bridgehead atoms. The summed E-state index contributed by atoms with van der Waals surface area (Å²) in [6.45, 7) is -0.283. The third-order valence-electron chi connectivity index (χ3n) is 2.16. The van der Waals surface area contributed by atoms with Crippen molar-refractivity contribution < 1.29 is 19.1 Å². The van der Waals surface area contributed by atoms with Crippen molar-refractivity contribution in [2.75, 3.05) is 27.2 Å². The predicted octanol–water partition coefficient (Wildman–Crippen LogP) is 0.109. The van der Waals surface area contributed by atoms with Crippen molar-refractivity contribution in [2.24, 2.45) is 0 Å². The monoisotopic (exact) mass is 270 g/mol. The van der Waals surface area contributed by atoms with E-state index in [2.05, 4.69) is 10.1 Å². The van der Waals surface area contributed by atoms with Crippen molar-refractivity contribution in [1.82, 2.24) is 10.2 Å². The smallest absolute Gasteiger partial charge is 0.325 e. The Balaban J connectivity index is 2.37. The zero-order valence-corrected chi connectivity index (χ0v) is 11.0. The van der Waals surface area contributed by atoms with E-state index in [1.807, 2.05) is 0 Å². The second kappa shape index (κ2) is 6.75. The lowest BCUT2D eigenvalue weighted by molar-refractivity contribution is -0.145. The van der Waals surface area contributed by atoms with Crippen LogP contribution in [-0.4, -0.2) is 49.9 Å². The number of esters is 1. The van der Waals surface area contributed by atoms with Crippen LogP contribution in [0.15, 0.2) is 17.5 Å². The van der Waals surface area contributed by atoms with E-state index in [-0.39, 0.29) is 24.9 Å². The molecule has 0 spiro atoms. The molecule has 0 aliphatic heterocycles. The minimum atomic E-state index is -0.504. The lowest BCUT2D eigenvalue weighted by Gasteiger charge is -2.15. The number of rotatable bonds is 5. The highest BCUT2D eigenvalue weighted by Crippen LogP contribution is 2.07. The SMILES string of the molecule is COC(=O)CN(C)C(=O)CNC(=O)c1cccs1. The topological polar surface area (TPSA) is 75.7 Å². The molecule has 0 aromatic carbocycles. The van der Waals surface area contributed by atoms with Crippen LogP contribution in [0.3, 0.4) is 0 Å². The van der Waals surface area contributed by atoms with Gasteiger partial charge in [0.2, 0.25) is 5.91 Å². The molecular weight excluding hydrogens is 256 g/mol. The molecule has 1 rings (SSSR count). The number of nitrogens with one attached hydrogen (secondary N) is 1. The number of nitrogens with zero attached hydrogens (tertiary/aromatic N) is 1. The van der Waals surface area contributed by atoms with Gasteiger partial charge in [-0.1, -0.05) is 6.07 Å². The largest absolute Gasteiger partial charge is 0.468 e. The Morgan fingerprint density at radius 1 is 1.44 bits per heavy atom. The van der Waals surface area contributed by atoms with Crippen LogP contribution in [-0.2, 0) is 14.3 Å². The van der Waals surface area contributed by atoms with Crippen molar-refractivity contribution >= 4 is 29.1 Å². The number of likely N-dealkylation sites (N-methyl/N-ethyl adjacent to an activating group) is 1. The molecule has 18 heavy (non-hydrogen) atoms. The Labute approximate surface area is 109 Å². The van der Waals surface area contributed by atoms with Gasteiger partial charge in [0, 0.05) is 7.05 Å². The quantitative estimate of drug-likeness (QED) is 0.770. The van der Waals surface area contributed by atoms with Crippen molar-refractivity contribution in [3.63, 3.8) is 0 Å². The van der Waals surface area contributed by atoms with Gasteiger partial charge in [0.25, 0.3) is 5.91 Å². The molecule has 6 nitrogen and oxygen atoms in total. The molecule has 0 unspecified atom stereocenters. The molecule has 1 heterocycles. The molecule has 1 aromatic rings. The number of hydrogen-bond acceptors (Lipinski definition) is 5. The second-order valence-electron chi connectivity index (χ2n) is 3.49. The second-order valence-corrected chi connectivity index (χ2v) is 4.43. The van der Waals surface area contributed by atoms with Gasteiger partial charge in [0.15, 0.2) is 0 Å². The summed E-state index contributed by atoms with van der Waals surface area (Å²) in [7, 11) is 2.72. The maximum Gasteiger partial charge on any atom is 0.325 e. The van der Waals surface area contributed by atoms with E-state index in [0.29, 0.717) is 4.88 Å². The maximum absolute atomic E-state index is 11.6. The molecular formula is C11H14N2O4S. The lowest BCUT2D eigenvalue weighted by atomic mass is 10.4. The summed E-state index contributed by atoms with van der Waals surface area (Å²) in [5.41, 5.74) is 0. The summed E-state index contributed by atoms with van der Waals surface area (Å²) in [6.07, 6.45) is 0. The number of methoxy groups -OCH3 is 1. The molecule has 0 saturated carbocycles. The van der Waals surface area contributed by atoms with Gasteiger partial charge >= 0.3 is 5.97 Å². The molecule has 0 fully saturated rings. The molecule has 0 radical (unpaired) electrons. The number of carbonyl (C=O) groups excluding carboxylic acids is 3. The molecule has 1 N–H and O–H groups in total. The maximum atomic E-state index is 11.6. The first kappa shape index (κ1) is 14.2. The van der Waals surface area contributed by atoms with Gasteiger partial charge in [-0.05, 0) is 11.4 Å². The average Bonchev–Trinajstić information content (AvgIpc) is 2.88. The Morgan fingerprint density at radius 2 is 2.17 bits per heavy atom. The van der Waals surface area contributed by atoms with Crippen LogP contribution in [0.4, 0.5) is 0 Å². The number of amides is 2. The highest BCUT2D eigenvalue weighted by Gasteiger charge is 2.14. The third kappa shape index (κ3) is 4.17. The van der Waals surface area contributed by atoms with Crippen LogP contribution in [0.25, 0.3) is 0 Å². The van der Waals surface area contributed by atoms with Crippen molar-refractivity contribution in [3.8, 4) is 0 Å². The highest BCUT2D eigenvalue weighted by atomic mass is 32.1. The number of thiophene rings is 1. The van der Waals surface area contributed by atoms with E-state index in [0.717, 1.165) is 0 Å². The molecule has 0 atom stereocenters. The van der Waals surface area contributed by atoms with Crippen LogP contribution < -0.4 is 5.32 Å². The van der Waals surface area contributed by atoms with Gasteiger partial charge in [-0.15, -0.1) is 11.3 Å². The van der Waals surface area contributed by atoms with E-state index < -0.39 is 5.97 Å². The average molecular weight is 270 g/mol. The minimum absolute atomic E-state index is 0.135. The Bertz CT molecular complexity index is 430. The standard InChI is InChI=1S/C11H14N2O4S/c1-13(7-10(15)17-2)9(14)6-12-11(16)8-4-3-5-18-8/h3-5H,6-7H2,1-2H3,(H,12,16). The summed E-state index contributed by atoms with van der Waals surface area (Å²) in [5, 5.41) is 4.26. The summed E-state index contributed by atoms with van der Waals surface area (Å²) in [6, 6.07) is 3.42. The molecule has 0 saturated heterocycles. The number of ether oxygens (including phenoxy) is 1. The van der Waals surface area contributed by atoms with Crippen molar-refractivity contribution in [2.45, 2.75) is 0 Å². The predicted molar refractivity (Wildman–Crippen MR) is 66.3 cm³/mol. The van der Waals surface area contributed by atoms with Gasteiger partial charge in [-0.2, -0.15) is 0 Å². The van der Waals surface area contributed by atoms with Crippen LogP contribution in [0.1, 0.15) is 9.67 Å². The van der Waals surface area contributed by atoms with Crippen LogP contribution in [0.5, 0.6) is 0 Å². The fourth-order valence-corrected chi connectivity index (χ4v) is 1.77. The molecule has 7 heteroatoms. The van der Waals surface area contributed by atoms with Crippen molar-refractivity contribution in [3.05, 3.63) is 22.4 Å². The first-order valence-corrected chi connectivity index (χ1v) is 6.05. The summed E-state index contributed by atoms with van der Waals surface area (Å²) in [4.78, 5) is 35.8. The van der Waals surface area contributed by atoms with E-state index in [1.165, 1.54) is 30.4 Å². The lowest BCUT2D eigenvalue weighted by Crippen LogP contribution is -2.40. The normalized spacial score (nSPS) is 9.67. The van der Waals surface area contributed by atoms with Gasteiger partial charge < -0.3 is 15.0 Å². The zero-order chi connectivity index (χ0) is 13.5. The van der Waals surface area contributed by atoms with Crippen molar-refractivity contribution in [1.29, 1.82) is 0 Å². The minimum Gasteiger partial charge on any atom is -0.468 e. The van der Waals surface area contributed by atoms with Gasteiger partial charge in [-0.3, -0.25) is 14.4 Å². The Morgan fingerprint density at radius 3 is 2.72 bits per heavy atom. The Hall–Kier alpha value is -1.89. The molecule has 1 aromatic heterocycles. The van der Waals surface area contributed by atoms with E-state index in [4.69, 9.17) is 0 Å². The summed E-state index contributed by atoms with van der Waals surface area (Å²) >= 11 is 1.29. The van der Waals surface area contributed by atoms with Crippen LogP contribution >= 0.6 is 11.3 Å². The molecule has 98 valence electrons. The Kier molecular flexibility index (Phi) is 5.31. The molecule has 0 aliphatic carbocycles. The van der Waals surface area contributed by atoms with E-state index >= 15 is 0 Å². The highest BCUT2D eigenvalue weighted by molar-refractivity contribution is 7.12.